The van der Waals surface area contributed by atoms with E-state index in [0.29, 0.717) is 11.5 Å². The van der Waals surface area contributed by atoms with Crippen LogP contribution in [0.4, 0.5) is 0 Å². The monoisotopic (exact) mass is 249 g/mol. The van der Waals surface area contributed by atoms with E-state index in [1.54, 1.807) is 12.1 Å². The van der Waals surface area contributed by atoms with Gasteiger partial charge in [-0.05, 0) is 30.5 Å². The molecule has 0 bridgehead atoms. The third-order valence-electron chi connectivity index (χ3n) is 2.84. The fraction of sp³-hybridized carbons (Fsp3) is 0.308. The van der Waals surface area contributed by atoms with E-state index in [2.05, 4.69) is 18.2 Å². The van der Waals surface area contributed by atoms with E-state index in [0.717, 1.165) is 22.3 Å². The Kier molecular flexibility index (Phi) is 3.43. The lowest BCUT2D eigenvalue weighted by molar-refractivity contribution is 0.0697. The highest BCUT2D eigenvalue weighted by molar-refractivity contribution is 7.98. The highest BCUT2D eigenvalue weighted by Gasteiger charge is 2.10. The number of aromatic carboxylic acids is 1. The Morgan fingerprint density at radius 3 is 2.88 bits per heavy atom. The predicted octanol–water partition coefficient (Wildman–Crippen LogP) is 3.33. The van der Waals surface area contributed by atoms with E-state index in [4.69, 9.17) is 5.11 Å². The Bertz CT molecular complexity index is 547. The van der Waals surface area contributed by atoms with Crippen LogP contribution in [-0.2, 0) is 0 Å². The van der Waals surface area contributed by atoms with Gasteiger partial charge in [0.2, 0.25) is 0 Å². The number of aromatic nitrogens is 1. The molecule has 2 N–H and O–H groups in total. The van der Waals surface area contributed by atoms with Crippen molar-refractivity contribution in [2.75, 3.05) is 12.0 Å². The number of thioether (sulfide) groups is 1. The number of aromatic amines is 1. The molecule has 0 saturated carbocycles. The van der Waals surface area contributed by atoms with Crippen LogP contribution in [0.15, 0.2) is 24.3 Å². The molecule has 3 nitrogen and oxygen atoms in total. The zero-order valence-electron chi connectivity index (χ0n) is 9.86. The average molecular weight is 249 g/mol. The maximum Gasteiger partial charge on any atom is 0.335 e. The van der Waals surface area contributed by atoms with E-state index in [9.17, 15) is 4.79 Å². The van der Waals surface area contributed by atoms with Crippen molar-refractivity contribution < 1.29 is 9.90 Å². The molecule has 0 aliphatic rings. The van der Waals surface area contributed by atoms with E-state index in [-0.39, 0.29) is 0 Å². The van der Waals surface area contributed by atoms with Crippen LogP contribution in [0.1, 0.15) is 28.9 Å². The fourth-order valence-corrected chi connectivity index (χ4v) is 2.57. The van der Waals surface area contributed by atoms with Gasteiger partial charge in [-0.3, -0.25) is 0 Å². The minimum atomic E-state index is -0.883. The molecule has 1 aromatic carbocycles. The van der Waals surface area contributed by atoms with E-state index >= 15 is 0 Å². The van der Waals surface area contributed by atoms with Crippen molar-refractivity contribution in [1.29, 1.82) is 0 Å². The molecular formula is C13H15NO2S. The normalized spacial score (nSPS) is 12.8. The average Bonchev–Trinajstić information content (AvgIpc) is 2.71. The first kappa shape index (κ1) is 12.0. The van der Waals surface area contributed by atoms with Crippen molar-refractivity contribution in [1.82, 2.24) is 4.98 Å². The highest BCUT2D eigenvalue weighted by atomic mass is 32.2. The van der Waals surface area contributed by atoms with E-state index in [1.165, 1.54) is 0 Å². The van der Waals surface area contributed by atoms with Crippen LogP contribution in [0.2, 0.25) is 0 Å². The summed E-state index contributed by atoms with van der Waals surface area (Å²) in [6.07, 6.45) is 2.09. The lowest BCUT2D eigenvalue weighted by Crippen LogP contribution is -1.95. The van der Waals surface area contributed by atoms with Crippen molar-refractivity contribution in [3.63, 3.8) is 0 Å². The number of fused-ring (bicyclic) bond motifs is 1. The van der Waals surface area contributed by atoms with Crippen molar-refractivity contribution in [3.8, 4) is 0 Å². The third-order valence-corrected chi connectivity index (χ3v) is 3.67. The predicted molar refractivity (Wildman–Crippen MR) is 72.1 cm³/mol. The maximum absolute atomic E-state index is 10.9. The van der Waals surface area contributed by atoms with Gasteiger partial charge in [0.15, 0.2) is 0 Å². The summed E-state index contributed by atoms with van der Waals surface area (Å²) in [4.78, 5) is 14.2. The summed E-state index contributed by atoms with van der Waals surface area (Å²) < 4.78 is 0. The zero-order chi connectivity index (χ0) is 12.4. The van der Waals surface area contributed by atoms with Crippen molar-refractivity contribution in [2.45, 2.75) is 12.8 Å². The molecule has 4 heteroatoms. The number of rotatable bonds is 4. The van der Waals surface area contributed by atoms with Gasteiger partial charge in [-0.1, -0.05) is 6.92 Å². The Balaban J connectivity index is 2.40. The van der Waals surface area contributed by atoms with Crippen LogP contribution in [0.25, 0.3) is 10.9 Å². The van der Waals surface area contributed by atoms with Gasteiger partial charge in [0, 0.05) is 28.3 Å². The van der Waals surface area contributed by atoms with E-state index < -0.39 is 5.97 Å². The number of carboxylic acids is 1. The molecule has 0 aliphatic heterocycles. The van der Waals surface area contributed by atoms with Crippen LogP contribution in [-0.4, -0.2) is 28.1 Å². The molecule has 2 rings (SSSR count). The summed E-state index contributed by atoms with van der Waals surface area (Å²) in [5.41, 5.74) is 2.50. The molecule has 1 unspecified atom stereocenters. The van der Waals surface area contributed by atoms with Crippen LogP contribution >= 0.6 is 11.8 Å². The SMILES string of the molecule is CSCC(C)c1cc2cc(C(=O)O)ccc2[nH]1. The second kappa shape index (κ2) is 4.84. The van der Waals surface area contributed by atoms with Gasteiger partial charge in [0.1, 0.15) is 0 Å². The van der Waals surface area contributed by atoms with Gasteiger partial charge in [0.05, 0.1) is 5.56 Å². The van der Waals surface area contributed by atoms with Crippen LogP contribution in [0.5, 0.6) is 0 Å². The van der Waals surface area contributed by atoms with Crippen LogP contribution in [0.3, 0.4) is 0 Å². The third kappa shape index (κ3) is 2.47. The first-order valence-corrected chi connectivity index (χ1v) is 6.86. The van der Waals surface area contributed by atoms with Gasteiger partial charge in [-0.25, -0.2) is 4.79 Å². The standard InChI is InChI=1S/C13H15NO2S/c1-8(7-17-2)12-6-10-5-9(13(15)16)3-4-11(10)14-12/h3-6,8,14H,7H2,1-2H3,(H,15,16). The molecule has 17 heavy (non-hydrogen) atoms. The minimum Gasteiger partial charge on any atom is -0.478 e. The largest absolute Gasteiger partial charge is 0.478 e. The number of carbonyl (C=O) groups is 1. The number of carboxylic acid groups (broad SMARTS) is 1. The topological polar surface area (TPSA) is 53.1 Å². The van der Waals surface area contributed by atoms with Crippen molar-refractivity contribution in [2.24, 2.45) is 0 Å². The first-order chi connectivity index (χ1) is 8.11. The van der Waals surface area contributed by atoms with Gasteiger partial charge < -0.3 is 10.1 Å². The molecule has 1 heterocycles. The molecule has 1 atom stereocenters. The molecule has 90 valence electrons. The molecule has 0 fully saturated rings. The lowest BCUT2D eigenvalue weighted by Gasteiger charge is -2.05. The molecule has 2 aromatic rings. The van der Waals surface area contributed by atoms with Gasteiger partial charge in [-0.2, -0.15) is 11.8 Å². The smallest absolute Gasteiger partial charge is 0.335 e. The van der Waals surface area contributed by atoms with Gasteiger partial charge in [-0.15, -0.1) is 0 Å². The Morgan fingerprint density at radius 2 is 2.24 bits per heavy atom. The maximum atomic E-state index is 10.9. The molecule has 0 saturated heterocycles. The van der Waals surface area contributed by atoms with Crippen molar-refractivity contribution in [3.05, 3.63) is 35.5 Å². The molecule has 0 radical (unpaired) electrons. The Morgan fingerprint density at radius 1 is 1.47 bits per heavy atom. The first-order valence-electron chi connectivity index (χ1n) is 5.46. The number of benzene rings is 1. The Hall–Kier alpha value is -1.42. The highest BCUT2D eigenvalue weighted by Crippen LogP contribution is 2.24. The van der Waals surface area contributed by atoms with Gasteiger partial charge in [0.25, 0.3) is 0 Å². The number of nitrogens with one attached hydrogen (secondary N) is 1. The number of H-pyrrole nitrogens is 1. The molecule has 1 aromatic heterocycles. The quantitative estimate of drug-likeness (QED) is 0.873. The lowest BCUT2D eigenvalue weighted by atomic mass is 10.1. The van der Waals surface area contributed by atoms with Gasteiger partial charge >= 0.3 is 5.97 Å². The molecular weight excluding hydrogens is 234 g/mol. The second-order valence-corrected chi connectivity index (χ2v) is 5.10. The van der Waals surface area contributed by atoms with Crippen LogP contribution < -0.4 is 0 Å². The minimum absolute atomic E-state index is 0.334. The summed E-state index contributed by atoms with van der Waals surface area (Å²) in [6, 6.07) is 7.21. The van der Waals surface area contributed by atoms with Crippen molar-refractivity contribution >= 4 is 28.6 Å². The summed E-state index contributed by atoms with van der Waals surface area (Å²) in [7, 11) is 0. The number of hydrogen-bond donors (Lipinski definition) is 2. The fourth-order valence-electron chi connectivity index (χ4n) is 1.89. The summed E-state index contributed by atoms with van der Waals surface area (Å²) in [5, 5.41) is 9.90. The summed E-state index contributed by atoms with van der Waals surface area (Å²) in [5.74, 6) is 0.621. The molecule has 0 spiro atoms. The summed E-state index contributed by atoms with van der Waals surface area (Å²) in [6.45, 7) is 2.17. The Labute approximate surface area is 104 Å². The number of hydrogen-bond acceptors (Lipinski definition) is 2. The molecule has 0 aliphatic carbocycles. The van der Waals surface area contributed by atoms with E-state index in [1.807, 2.05) is 23.9 Å². The van der Waals surface area contributed by atoms with Crippen LogP contribution in [0, 0.1) is 0 Å². The second-order valence-electron chi connectivity index (χ2n) is 4.19. The molecule has 0 amide bonds. The summed E-state index contributed by atoms with van der Waals surface area (Å²) >= 11 is 1.81. The zero-order valence-corrected chi connectivity index (χ0v) is 10.7.